The first-order valence-corrected chi connectivity index (χ1v) is 6.74. The molecule has 0 aliphatic rings. The van der Waals surface area contributed by atoms with Crippen molar-refractivity contribution in [3.05, 3.63) is 41.2 Å². The van der Waals surface area contributed by atoms with E-state index in [1.165, 1.54) is 6.20 Å². The van der Waals surface area contributed by atoms with Gasteiger partial charge in [-0.3, -0.25) is 4.68 Å². The molecule has 0 fully saturated rings. The van der Waals surface area contributed by atoms with Crippen molar-refractivity contribution in [3.63, 3.8) is 0 Å². The van der Waals surface area contributed by atoms with Crippen LogP contribution in [-0.4, -0.2) is 34.7 Å². The van der Waals surface area contributed by atoms with E-state index in [1.54, 1.807) is 6.92 Å². The molecule has 0 radical (unpaired) electrons. The molecule has 0 saturated carbocycles. The Morgan fingerprint density at radius 3 is 2.57 bits per heavy atom. The molecule has 7 nitrogen and oxygen atoms in total. The van der Waals surface area contributed by atoms with Gasteiger partial charge in [-0.25, -0.2) is 18.8 Å². The molecule has 2 rings (SSSR count). The quantitative estimate of drug-likeness (QED) is 0.609. The number of nitrogens with zero attached hydrogens (tertiary/aromatic N) is 2. The predicted molar refractivity (Wildman–Crippen MR) is 73.6 cm³/mol. The predicted octanol–water partition coefficient (Wildman–Crippen LogP) is 0.979. The molecule has 0 saturated heterocycles. The summed E-state index contributed by atoms with van der Waals surface area (Å²) in [6.45, 7) is 1.73. The zero-order valence-electron chi connectivity index (χ0n) is 12.5. The molecule has 0 bridgehead atoms. The number of ether oxygens (including phenoxy) is 2. The Balaban J connectivity index is 2.32. The standard InChI is InChI=1S/C14H15F2N3O4/c1-3-23-8-4-10(15)9(11(16)5-8)6-19-7-12(18-21)13(17-19)14(20)22-2/h4-5,7,18,21H,3,6H2,1-2H3/p+1. The average Bonchev–Trinajstić information content (AvgIpc) is 2.93. The summed E-state index contributed by atoms with van der Waals surface area (Å²) in [5, 5.41) is 13.0. The molecule has 124 valence electrons. The smallest absolute Gasteiger partial charge is 0.364 e. The van der Waals surface area contributed by atoms with E-state index in [1.807, 2.05) is 0 Å². The Hall–Kier alpha value is -2.52. The molecule has 1 aromatic heterocycles. The van der Waals surface area contributed by atoms with Gasteiger partial charge in [-0.2, -0.15) is 10.6 Å². The molecule has 0 amide bonds. The maximum atomic E-state index is 14.0. The number of nitrogens with two attached hydrogens (primary N) is 1. The van der Waals surface area contributed by atoms with Crippen LogP contribution in [0.4, 0.5) is 14.5 Å². The van der Waals surface area contributed by atoms with E-state index in [-0.39, 0.29) is 35.8 Å². The Morgan fingerprint density at radius 2 is 2.04 bits per heavy atom. The molecule has 0 aliphatic heterocycles. The van der Waals surface area contributed by atoms with Crippen LogP contribution in [0.3, 0.4) is 0 Å². The van der Waals surface area contributed by atoms with Gasteiger partial charge in [-0.1, -0.05) is 0 Å². The first kappa shape index (κ1) is 16.8. The minimum Gasteiger partial charge on any atom is -0.494 e. The normalized spacial score (nSPS) is 10.7. The van der Waals surface area contributed by atoms with Crippen LogP contribution in [0, 0.1) is 11.6 Å². The lowest BCUT2D eigenvalue weighted by Crippen LogP contribution is -2.74. The van der Waals surface area contributed by atoms with E-state index in [0.717, 1.165) is 23.9 Å². The maximum absolute atomic E-state index is 14.0. The number of quaternary nitrogens is 1. The van der Waals surface area contributed by atoms with Crippen molar-refractivity contribution in [1.29, 1.82) is 0 Å². The van der Waals surface area contributed by atoms with Gasteiger partial charge in [0.15, 0.2) is 0 Å². The lowest BCUT2D eigenvalue weighted by molar-refractivity contribution is -0.825. The summed E-state index contributed by atoms with van der Waals surface area (Å²) in [7, 11) is 1.16. The Bertz CT molecular complexity index is 695. The highest BCUT2D eigenvalue weighted by atomic mass is 19.1. The van der Waals surface area contributed by atoms with Gasteiger partial charge >= 0.3 is 5.97 Å². The van der Waals surface area contributed by atoms with E-state index in [9.17, 15) is 13.6 Å². The summed E-state index contributed by atoms with van der Waals surface area (Å²) in [6.07, 6.45) is 1.28. The van der Waals surface area contributed by atoms with Gasteiger partial charge in [0, 0.05) is 17.7 Å². The second-order valence-corrected chi connectivity index (χ2v) is 4.55. The topological polar surface area (TPSA) is 90.2 Å². The van der Waals surface area contributed by atoms with E-state index >= 15 is 0 Å². The number of methoxy groups -OCH3 is 1. The molecule has 1 aromatic carbocycles. The summed E-state index contributed by atoms with van der Waals surface area (Å²) in [4.78, 5) is 11.5. The minimum absolute atomic E-state index is 0.0867. The number of aromatic nitrogens is 2. The van der Waals surface area contributed by atoms with Crippen LogP contribution >= 0.6 is 0 Å². The molecule has 1 heterocycles. The fourth-order valence-electron chi connectivity index (χ4n) is 2.01. The van der Waals surface area contributed by atoms with Gasteiger partial charge in [0.05, 0.1) is 26.5 Å². The van der Waals surface area contributed by atoms with Crippen LogP contribution in [0.5, 0.6) is 5.75 Å². The third kappa shape index (κ3) is 3.63. The lowest BCUT2D eigenvalue weighted by atomic mass is 10.2. The van der Waals surface area contributed by atoms with Crippen molar-refractivity contribution < 1.29 is 33.7 Å². The zero-order valence-corrected chi connectivity index (χ0v) is 12.5. The molecular formula is C14H16F2N3O4+. The molecule has 0 aliphatic carbocycles. The molecule has 9 heteroatoms. The molecule has 0 atom stereocenters. The third-order valence-electron chi connectivity index (χ3n) is 3.05. The summed E-state index contributed by atoms with van der Waals surface area (Å²) in [5.41, 5.74) is 0.364. The van der Waals surface area contributed by atoms with Crippen molar-refractivity contribution in [2.75, 3.05) is 13.7 Å². The largest absolute Gasteiger partial charge is 0.494 e. The van der Waals surface area contributed by atoms with Crippen molar-refractivity contribution in [2.45, 2.75) is 13.5 Å². The van der Waals surface area contributed by atoms with Crippen LogP contribution in [-0.2, 0) is 11.3 Å². The first-order valence-electron chi connectivity index (χ1n) is 6.74. The highest BCUT2D eigenvalue weighted by Crippen LogP contribution is 2.22. The third-order valence-corrected chi connectivity index (χ3v) is 3.05. The molecule has 0 unspecified atom stereocenters. The second-order valence-electron chi connectivity index (χ2n) is 4.55. The SMILES string of the molecule is CCOc1cc(F)c(Cn2cc([NH2+]O)c(C(=O)OC)n2)c(F)c1. The summed E-state index contributed by atoms with van der Waals surface area (Å²) >= 11 is 0. The average molecular weight is 328 g/mol. The van der Waals surface area contributed by atoms with E-state index in [0.29, 0.717) is 5.48 Å². The zero-order chi connectivity index (χ0) is 17.0. The van der Waals surface area contributed by atoms with Gasteiger partial charge in [-0.05, 0) is 6.92 Å². The van der Waals surface area contributed by atoms with Gasteiger partial charge in [0.2, 0.25) is 11.4 Å². The summed E-state index contributed by atoms with van der Waals surface area (Å²) in [6, 6.07) is 2.15. The number of hydrogen-bond donors (Lipinski definition) is 2. The number of halogens is 2. The molecule has 0 spiro atoms. The number of rotatable bonds is 6. The molecular weight excluding hydrogens is 312 g/mol. The number of esters is 1. The van der Waals surface area contributed by atoms with Crippen molar-refractivity contribution in [2.24, 2.45) is 0 Å². The van der Waals surface area contributed by atoms with E-state index in [2.05, 4.69) is 9.84 Å². The van der Waals surface area contributed by atoms with E-state index < -0.39 is 17.6 Å². The van der Waals surface area contributed by atoms with Crippen LogP contribution in [0.25, 0.3) is 0 Å². The van der Waals surface area contributed by atoms with Gasteiger partial charge < -0.3 is 9.47 Å². The number of benzene rings is 1. The first-order chi connectivity index (χ1) is 11.0. The van der Waals surface area contributed by atoms with Crippen LogP contribution in [0.15, 0.2) is 18.3 Å². The highest BCUT2D eigenvalue weighted by molar-refractivity contribution is 5.91. The fourth-order valence-corrected chi connectivity index (χ4v) is 2.01. The van der Waals surface area contributed by atoms with Gasteiger partial charge in [-0.15, -0.1) is 0 Å². The fraction of sp³-hybridized carbons (Fsp3) is 0.286. The van der Waals surface area contributed by atoms with Gasteiger partial charge in [0.25, 0.3) is 0 Å². The lowest BCUT2D eigenvalue weighted by Gasteiger charge is -2.08. The summed E-state index contributed by atoms with van der Waals surface area (Å²) < 4.78 is 38.8. The number of hydrogen-bond acceptors (Lipinski definition) is 5. The Kier molecular flexibility index (Phi) is 5.24. The second kappa shape index (κ2) is 7.16. The highest BCUT2D eigenvalue weighted by Gasteiger charge is 2.22. The van der Waals surface area contributed by atoms with Crippen LogP contribution in [0.2, 0.25) is 0 Å². The van der Waals surface area contributed by atoms with Gasteiger partial charge in [0.1, 0.15) is 17.4 Å². The Morgan fingerprint density at radius 1 is 1.39 bits per heavy atom. The summed E-state index contributed by atoms with van der Waals surface area (Å²) in [5.74, 6) is -2.26. The minimum atomic E-state index is -0.793. The van der Waals surface area contributed by atoms with Crippen molar-refractivity contribution >= 4 is 11.7 Å². The molecule has 23 heavy (non-hydrogen) atoms. The monoisotopic (exact) mass is 328 g/mol. The molecule has 2 aromatic rings. The maximum Gasteiger partial charge on any atom is 0.364 e. The molecule has 3 N–H and O–H groups in total. The number of carbonyl (C=O) groups excluding carboxylic acids is 1. The van der Waals surface area contributed by atoms with Crippen LogP contribution in [0.1, 0.15) is 23.0 Å². The van der Waals surface area contributed by atoms with Crippen molar-refractivity contribution in [1.82, 2.24) is 9.78 Å². The van der Waals surface area contributed by atoms with Crippen LogP contribution < -0.4 is 10.2 Å². The van der Waals surface area contributed by atoms with Crippen molar-refractivity contribution in [3.8, 4) is 5.75 Å². The van der Waals surface area contributed by atoms with E-state index in [4.69, 9.17) is 9.94 Å². The number of carbonyl (C=O) groups is 1. The Labute approximate surface area is 130 Å².